The van der Waals surface area contributed by atoms with Crippen LogP contribution in [0, 0.1) is 17.2 Å². The molecule has 0 bridgehead atoms. The number of aliphatic hydroxyl groups is 1. The monoisotopic (exact) mass is 282 g/mol. The van der Waals surface area contributed by atoms with Crippen molar-refractivity contribution in [3.63, 3.8) is 0 Å². The maximum atomic E-state index is 12.1. The molecule has 0 heterocycles. The second-order valence-corrected chi connectivity index (χ2v) is 6.39. The molecule has 0 aliphatic heterocycles. The summed E-state index contributed by atoms with van der Waals surface area (Å²) in [6, 6.07) is 7.93. The average Bonchev–Trinajstić information content (AvgIpc) is 2.36. The van der Waals surface area contributed by atoms with Crippen LogP contribution in [0.25, 0.3) is 0 Å². The second-order valence-electron chi connectivity index (χ2n) is 4.65. The highest BCUT2D eigenvalue weighted by atomic mass is 32.2. The molecule has 0 radical (unpaired) electrons. The van der Waals surface area contributed by atoms with Crippen molar-refractivity contribution < 1.29 is 13.5 Å². The Morgan fingerprint density at radius 1 is 1.37 bits per heavy atom. The molecule has 1 rings (SSSR count). The van der Waals surface area contributed by atoms with Gasteiger partial charge in [-0.3, -0.25) is 0 Å². The van der Waals surface area contributed by atoms with Crippen LogP contribution in [0.15, 0.2) is 29.2 Å². The van der Waals surface area contributed by atoms with Crippen molar-refractivity contribution in [2.75, 3.05) is 6.54 Å². The van der Waals surface area contributed by atoms with Gasteiger partial charge in [-0.15, -0.1) is 0 Å². The number of hydrogen-bond acceptors (Lipinski definition) is 4. The molecular formula is C13H18N2O3S. The largest absolute Gasteiger partial charge is 0.393 e. The standard InChI is InChI=1S/C13H18N2O3S/c1-10(7-11(2)16)9-15-19(17,18)13-6-4-3-5-12(13)8-14/h3-6,10-11,15-16H,7,9H2,1-2H3. The van der Waals surface area contributed by atoms with E-state index in [9.17, 15) is 13.5 Å². The highest BCUT2D eigenvalue weighted by Gasteiger charge is 2.19. The van der Waals surface area contributed by atoms with Gasteiger partial charge in [0.1, 0.15) is 6.07 Å². The molecular weight excluding hydrogens is 264 g/mol. The molecule has 2 unspecified atom stereocenters. The quantitative estimate of drug-likeness (QED) is 0.821. The van der Waals surface area contributed by atoms with Crippen molar-refractivity contribution in [3.8, 4) is 6.07 Å². The lowest BCUT2D eigenvalue weighted by molar-refractivity contribution is 0.165. The number of nitriles is 1. The smallest absolute Gasteiger partial charge is 0.241 e. The first-order valence-electron chi connectivity index (χ1n) is 6.03. The van der Waals surface area contributed by atoms with E-state index in [1.807, 2.05) is 13.0 Å². The Morgan fingerprint density at radius 3 is 2.58 bits per heavy atom. The van der Waals surface area contributed by atoms with Gasteiger partial charge >= 0.3 is 0 Å². The van der Waals surface area contributed by atoms with Crippen molar-refractivity contribution in [1.82, 2.24) is 4.72 Å². The minimum Gasteiger partial charge on any atom is -0.393 e. The fourth-order valence-electron chi connectivity index (χ4n) is 1.79. The summed E-state index contributed by atoms with van der Waals surface area (Å²) in [6.45, 7) is 3.74. The lowest BCUT2D eigenvalue weighted by Crippen LogP contribution is -2.30. The summed E-state index contributed by atoms with van der Waals surface area (Å²) >= 11 is 0. The van der Waals surface area contributed by atoms with Gasteiger partial charge in [0, 0.05) is 6.54 Å². The minimum atomic E-state index is -3.69. The van der Waals surface area contributed by atoms with Crippen LogP contribution < -0.4 is 4.72 Å². The third kappa shape index (κ3) is 4.63. The van der Waals surface area contributed by atoms with E-state index >= 15 is 0 Å². The fraction of sp³-hybridized carbons (Fsp3) is 0.462. The van der Waals surface area contributed by atoms with Crippen molar-refractivity contribution in [3.05, 3.63) is 29.8 Å². The molecule has 2 N–H and O–H groups in total. The molecule has 0 amide bonds. The van der Waals surface area contributed by atoms with Crippen LogP contribution in [0.1, 0.15) is 25.8 Å². The molecule has 0 spiro atoms. The topological polar surface area (TPSA) is 90.2 Å². The molecule has 2 atom stereocenters. The van der Waals surface area contributed by atoms with Crippen LogP contribution in [0.2, 0.25) is 0 Å². The maximum absolute atomic E-state index is 12.1. The Hall–Kier alpha value is -1.42. The van der Waals surface area contributed by atoms with Crippen molar-refractivity contribution in [2.45, 2.75) is 31.3 Å². The third-order valence-corrected chi connectivity index (χ3v) is 4.14. The Bertz CT molecular complexity index is 561. The average molecular weight is 282 g/mol. The van der Waals surface area contributed by atoms with E-state index in [1.54, 1.807) is 19.1 Å². The van der Waals surface area contributed by atoms with Gasteiger partial charge in [-0.25, -0.2) is 13.1 Å². The van der Waals surface area contributed by atoms with Gasteiger partial charge in [-0.1, -0.05) is 19.1 Å². The number of hydrogen-bond donors (Lipinski definition) is 2. The molecule has 104 valence electrons. The highest BCUT2D eigenvalue weighted by Crippen LogP contribution is 2.14. The highest BCUT2D eigenvalue weighted by molar-refractivity contribution is 7.89. The van der Waals surface area contributed by atoms with Crippen LogP contribution in [-0.2, 0) is 10.0 Å². The second kappa shape index (κ2) is 6.66. The van der Waals surface area contributed by atoms with Crippen molar-refractivity contribution in [1.29, 1.82) is 5.26 Å². The normalized spacial score (nSPS) is 14.6. The molecule has 1 aromatic rings. The van der Waals surface area contributed by atoms with Crippen LogP contribution in [0.4, 0.5) is 0 Å². The van der Waals surface area contributed by atoms with Gasteiger partial charge in [-0.05, 0) is 31.4 Å². The summed E-state index contributed by atoms with van der Waals surface area (Å²) in [5.74, 6) is 0.0176. The molecule has 19 heavy (non-hydrogen) atoms. The van der Waals surface area contributed by atoms with E-state index in [4.69, 9.17) is 5.26 Å². The lowest BCUT2D eigenvalue weighted by atomic mass is 10.1. The van der Waals surface area contributed by atoms with Crippen LogP contribution in [0.3, 0.4) is 0 Å². The summed E-state index contributed by atoms with van der Waals surface area (Å²) in [5.41, 5.74) is 0.123. The summed E-state index contributed by atoms with van der Waals surface area (Å²) < 4.78 is 26.6. The maximum Gasteiger partial charge on any atom is 0.241 e. The molecule has 1 aromatic carbocycles. The summed E-state index contributed by atoms with van der Waals surface area (Å²) in [5, 5.41) is 18.1. The van der Waals surface area contributed by atoms with Gasteiger partial charge in [0.05, 0.1) is 16.6 Å². The SMILES string of the molecule is CC(O)CC(C)CNS(=O)(=O)c1ccccc1C#N. The molecule has 0 aliphatic rings. The van der Waals surface area contributed by atoms with E-state index in [0.717, 1.165) is 0 Å². The predicted octanol–water partition coefficient (Wildman–Crippen LogP) is 1.24. The predicted molar refractivity (Wildman–Crippen MR) is 71.8 cm³/mol. The zero-order chi connectivity index (χ0) is 14.5. The summed E-state index contributed by atoms with van der Waals surface area (Å²) in [4.78, 5) is -0.0123. The van der Waals surface area contributed by atoms with E-state index in [1.165, 1.54) is 12.1 Å². The molecule has 0 saturated heterocycles. The minimum absolute atomic E-state index is 0.0123. The van der Waals surface area contributed by atoms with Gasteiger partial charge in [-0.2, -0.15) is 5.26 Å². The Kier molecular flexibility index (Phi) is 5.48. The third-order valence-electron chi connectivity index (χ3n) is 2.66. The van der Waals surface area contributed by atoms with Gasteiger partial charge in [0.2, 0.25) is 10.0 Å². The molecule has 0 fully saturated rings. The molecule has 0 aromatic heterocycles. The zero-order valence-electron chi connectivity index (χ0n) is 11.0. The molecule has 0 saturated carbocycles. The number of sulfonamides is 1. The molecule has 6 heteroatoms. The van der Waals surface area contributed by atoms with Crippen molar-refractivity contribution in [2.24, 2.45) is 5.92 Å². The van der Waals surface area contributed by atoms with Gasteiger partial charge in [0.25, 0.3) is 0 Å². The van der Waals surface area contributed by atoms with Gasteiger partial charge in [0.15, 0.2) is 0 Å². The van der Waals surface area contributed by atoms with E-state index in [0.29, 0.717) is 6.42 Å². The van der Waals surface area contributed by atoms with E-state index in [2.05, 4.69) is 4.72 Å². The van der Waals surface area contributed by atoms with E-state index in [-0.39, 0.29) is 22.9 Å². The van der Waals surface area contributed by atoms with Crippen LogP contribution in [-0.4, -0.2) is 26.2 Å². The van der Waals surface area contributed by atoms with Crippen LogP contribution in [0.5, 0.6) is 0 Å². The summed E-state index contributed by atoms with van der Waals surface area (Å²) in [7, 11) is -3.69. The number of aliphatic hydroxyl groups excluding tert-OH is 1. The van der Waals surface area contributed by atoms with Crippen LogP contribution >= 0.6 is 0 Å². The first kappa shape index (κ1) is 15.6. The number of nitrogens with zero attached hydrogens (tertiary/aromatic N) is 1. The Morgan fingerprint density at radius 2 is 2.00 bits per heavy atom. The van der Waals surface area contributed by atoms with Crippen molar-refractivity contribution >= 4 is 10.0 Å². The summed E-state index contributed by atoms with van der Waals surface area (Å²) in [6.07, 6.45) is 0.0495. The number of nitrogens with one attached hydrogen (secondary N) is 1. The van der Waals surface area contributed by atoms with E-state index < -0.39 is 16.1 Å². The van der Waals surface area contributed by atoms with Gasteiger partial charge < -0.3 is 5.11 Å². The Balaban J connectivity index is 2.80. The first-order chi connectivity index (χ1) is 8.86. The lowest BCUT2D eigenvalue weighted by Gasteiger charge is -2.14. The fourth-order valence-corrected chi connectivity index (χ4v) is 3.11. The first-order valence-corrected chi connectivity index (χ1v) is 7.52. The number of rotatable bonds is 6. The molecule has 5 nitrogen and oxygen atoms in total. The zero-order valence-corrected chi connectivity index (χ0v) is 11.8. The molecule has 0 aliphatic carbocycles. The number of benzene rings is 1. The Labute approximate surface area is 113 Å².